The molecule has 1 aliphatic carbocycles. The van der Waals surface area contributed by atoms with Gasteiger partial charge in [-0.05, 0) is 24.2 Å². The maximum Gasteiger partial charge on any atom is -0.0326 e. The van der Waals surface area contributed by atoms with E-state index in [1.165, 1.54) is 32.1 Å². The summed E-state index contributed by atoms with van der Waals surface area (Å²) in [5.41, 5.74) is 0.692. The Morgan fingerprint density at radius 2 is 2.20 bits per heavy atom. The average Bonchev–Trinajstić information content (AvgIpc) is 1.88. The summed E-state index contributed by atoms with van der Waals surface area (Å²) in [6.45, 7) is 7.17. The minimum absolute atomic E-state index is 0.692. The highest BCUT2D eigenvalue weighted by Gasteiger charge is 2.27. The molecule has 2 atom stereocenters. The molecule has 1 aliphatic rings. The minimum atomic E-state index is 0.692. The minimum Gasteiger partial charge on any atom is -0.0649 e. The van der Waals surface area contributed by atoms with Crippen molar-refractivity contribution in [2.75, 3.05) is 0 Å². The summed E-state index contributed by atoms with van der Waals surface area (Å²) >= 11 is 0. The van der Waals surface area contributed by atoms with E-state index >= 15 is 0 Å². The summed E-state index contributed by atoms with van der Waals surface area (Å²) < 4.78 is 0. The molecule has 60 valence electrons. The summed E-state index contributed by atoms with van der Waals surface area (Å²) in [5.74, 6) is 0.985. The van der Waals surface area contributed by atoms with Crippen molar-refractivity contribution in [2.24, 2.45) is 11.3 Å². The Morgan fingerprint density at radius 3 is 2.60 bits per heavy atom. The fourth-order valence-corrected chi connectivity index (χ4v) is 2.24. The lowest BCUT2D eigenvalue weighted by atomic mass is 9.70. The van der Waals surface area contributed by atoms with E-state index in [0.717, 1.165) is 5.92 Å². The Labute approximate surface area is 65.0 Å². The number of hydrogen-bond donors (Lipinski definition) is 0. The average molecular weight is 140 g/mol. The molecule has 10 heavy (non-hydrogen) atoms. The fourth-order valence-electron chi connectivity index (χ4n) is 2.24. The molecule has 0 aromatic rings. The number of hydrogen-bond acceptors (Lipinski definition) is 0. The smallest absolute Gasteiger partial charge is 0.0326 e. The molecule has 0 radical (unpaired) electrons. The highest BCUT2D eigenvalue weighted by Crippen LogP contribution is 2.40. The molecule has 0 unspecified atom stereocenters. The van der Waals surface area contributed by atoms with Crippen molar-refractivity contribution in [2.45, 2.75) is 52.9 Å². The van der Waals surface area contributed by atoms with E-state index in [1.807, 2.05) is 0 Å². The summed E-state index contributed by atoms with van der Waals surface area (Å²) in [5, 5.41) is 0. The zero-order valence-corrected chi connectivity index (χ0v) is 7.61. The van der Waals surface area contributed by atoms with Gasteiger partial charge in [-0.15, -0.1) is 0 Å². The highest BCUT2D eigenvalue weighted by atomic mass is 14.3. The van der Waals surface area contributed by atoms with Gasteiger partial charge in [0.05, 0.1) is 0 Å². The Bertz CT molecular complexity index is 107. The maximum atomic E-state index is 2.45. The van der Waals surface area contributed by atoms with Crippen LogP contribution in [0.4, 0.5) is 0 Å². The van der Waals surface area contributed by atoms with E-state index in [4.69, 9.17) is 0 Å². The Kier molecular flexibility index (Phi) is 2.38. The standard InChI is InChI=1S/C10H20/c1-4-10(3)7-5-6-9(2)8-10/h9H,4-8H2,1-3H3/t9-,10+/m1/s1. The summed E-state index contributed by atoms with van der Waals surface area (Å²) in [6, 6.07) is 0. The molecule has 0 spiro atoms. The van der Waals surface area contributed by atoms with Crippen molar-refractivity contribution >= 4 is 0 Å². The van der Waals surface area contributed by atoms with Crippen LogP contribution in [-0.2, 0) is 0 Å². The Hall–Kier alpha value is 0. The van der Waals surface area contributed by atoms with Crippen LogP contribution in [0.5, 0.6) is 0 Å². The predicted molar refractivity (Wildman–Crippen MR) is 46.0 cm³/mol. The van der Waals surface area contributed by atoms with E-state index in [0.29, 0.717) is 5.41 Å². The van der Waals surface area contributed by atoms with Crippen molar-refractivity contribution in [1.29, 1.82) is 0 Å². The summed E-state index contributed by atoms with van der Waals surface area (Å²) in [6.07, 6.45) is 7.23. The zero-order valence-electron chi connectivity index (χ0n) is 7.61. The largest absolute Gasteiger partial charge is 0.0649 e. The highest BCUT2D eigenvalue weighted by molar-refractivity contribution is 4.79. The number of rotatable bonds is 1. The van der Waals surface area contributed by atoms with Crippen LogP contribution >= 0.6 is 0 Å². The van der Waals surface area contributed by atoms with Crippen LogP contribution < -0.4 is 0 Å². The molecule has 1 saturated carbocycles. The van der Waals surface area contributed by atoms with Gasteiger partial charge in [-0.25, -0.2) is 0 Å². The van der Waals surface area contributed by atoms with E-state index < -0.39 is 0 Å². The third-order valence-corrected chi connectivity index (χ3v) is 3.17. The van der Waals surface area contributed by atoms with Crippen molar-refractivity contribution in [3.05, 3.63) is 0 Å². The molecule has 0 heterocycles. The third-order valence-electron chi connectivity index (χ3n) is 3.17. The molecule has 0 saturated heterocycles. The van der Waals surface area contributed by atoms with Crippen LogP contribution in [-0.4, -0.2) is 0 Å². The molecular weight excluding hydrogens is 120 g/mol. The van der Waals surface area contributed by atoms with Crippen LogP contribution in [0.25, 0.3) is 0 Å². The predicted octanol–water partition coefficient (Wildman–Crippen LogP) is 3.61. The lowest BCUT2D eigenvalue weighted by molar-refractivity contribution is 0.162. The van der Waals surface area contributed by atoms with Gasteiger partial charge in [0.25, 0.3) is 0 Å². The normalized spacial score (nSPS) is 41.7. The van der Waals surface area contributed by atoms with Crippen molar-refractivity contribution < 1.29 is 0 Å². The van der Waals surface area contributed by atoms with Crippen LogP contribution in [0.15, 0.2) is 0 Å². The Morgan fingerprint density at radius 1 is 1.50 bits per heavy atom. The van der Waals surface area contributed by atoms with Gasteiger partial charge in [0.1, 0.15) is 0 Å². The third kappa shape index (κ3) is 1.74. The van der Waals surface area contributed by atoms with E-state index in [9.17, 15) is 0 Å². The molecule has 0 heteroatoms. The topological polar surface area (TPSA) is 0 Å². The summed E-state index contributed by atoms with van der Waals surface area (Å²) in [7, 11) is 0. The van der Waals surface area contributed by atoms with Crippen LogP contribution in [0, 0.1) is 11.3 Å². The SMILES string of the molecule is CC[C@@]1(C)CCC[C@@H](C)C1. The van der Waals surface area contributed by atoms with Gasteiger partial charge in [0.2, 0.25) is 0 Å². The molecule has 0 aromatic heterocycles. The Balaban J connectivity index is 2.45. The van der Waals surface area contributed by atoms with Crippen LogP contribution in [0.2, 0.25) is 0 Å². The summed E-state index contributed by atoms with van der Waals surface area (Å²) in [4.78, 5) is 0. The molecular formula is C10H20. The van der Waals surface area contributed by atoms with Gasteiger partial charge in [-0.2, -0.15) is 0 Å². The van der Waals surface area contributed by atoms with Gasteiger partial charge >= 0.3 is 0 Å². The molecule has 0 aliphatic heterocycles. The lowest BCUT2D eigenvalue weighted by Crippen LogP contribution is -2.23. The first-order valence-corrected chi connectivity index (χ1v) is 4.66. The fraction of sp³-hybridized carbons (Fsp3) is 1.00. The van der Waals surface area contributed by atoms with Crippen molar-refractivity contribution in [1.82, 2.24) is 0 Å². The molecule has 0 aromatic carbocycles. The van der Waals surface area contributed by atoms with Gasteiger partial charge in [-0.3, -0.25) is 0 Å². The first kappa shape index (κ1) is 8.10. The quantitative estimate of drug-likeness (QED) is 0.522. The van der Waals surface area contributed by atoms with Crippen molar-refractivity contribution in [3.8, 4) is 0 Å². The van der Waals surface area contributed by atoms with Gasteiger partial charge in [-0.1, -0.05) is 40.0 Å². The maximum absolute atomic E-state index is 2.45. The monoisotopic (exact) mass is 140 g/mol. The van der Waals surface area contributed by atoms with E-state index in [2.05, 4.69) is 20.8 Å². The molecule has 0 N–H and O–H groups in total. The zero-order chi connectivity index (χ0) is 7.61. The molecule has 0 bridgehead atoms. The van der Waals surface area contributed by atoms with E-state index in [-0.39, 0.29) is 0 Å². The lowest BCUT2D eigenvalue weighted by Gasteiger charge is -2.36. The van der Waals surface area contributed by atoms with Crippen LogP contribution in [0.3, 0.4) is 0 Å². The second-order valence-corrected chi connectivity index (χ2v) is 4.37. The van der Waals surface area contributed by atoms with E-state index in [1.54, 1.807) is 0 Å². The second-order valence-electron chi connectivity index (χ2n) is 4.37. The molecule has 0 amide bonds. The van der Waals surface area contributed by atoms with Crippen LogP contribution in [0.1, 0.15) is 52.9 Å². The first-order valence-electron chi connectivity index (χ1n) is 4.66. The molecule has 1 fully saturated rings. The van der Waals surface area contributed by atoms with Crippen molar-refractivity contribution in [3.63, 3.8) is 0 Å². The molecule has 1 rings (SSSR count). The molecule has 0 nitrogen and oxygen atoms in total. The first-order chi connectivity index (χ1) is 4.66. The van der Waals surface area contributed by atoms with Gasteiger partial charge in [0, 0.05) is 0 Å². The van der Waals surface area contributed by atoms with Gasteiger partial charge in [0.15, 0.2) is 0 Å². The van der Waals surface area contributed by atoms with Gasteiger partial charge < -0.3 is 0 Å². The second kappa shape index (κ2) is 2.94.